The van der Waals surface area contributed by atoms with E-state index in [9.17, 15) is 4.79 Å². The largest absolute Gasteiger partial charge is 0.345 e. The van der Waals surface area contributed by atoms with Crippen LogP contribution in [0.5, 0.6) is 0 Å². The van der Waals surface area contributed by atoms with Crippen molar-refractivity contribution in [3.05, 3.63) is 35.9 Å². The van der Waals surface area contributed by atoms with Gasteiger partial charge in [0.1, 0.15) is 0 Å². The Balaban J connectivity index is 0.00000200. The first kappa shape index (κ1) is 17.0. The van der Waals surface area contributed by atoms with E-state index in [4.69, 9.17) is 0 Å². The van der Waals surface area contributed by atoms with E-state index in [-0.39, 0.29) is 18.3 Å². The number of carbonyl (C=O) groups is 1. The van der Waals surface area contributed by atoms with Crippen LogP contribution in [0, 0.1) is 0 Å². The SMILES string of the molecule is CN(CCCc1ccccc1)C(=O)CN1CCCC1.Cl. The van der Waals surface area contributed by atoms with Crippen LogP contribution in [-0.4, -0.2) is 48.9 Å². The molecule has 0 atom stereocenters. The highest BCUT2D eigenvalue weighted by Gasteiger charge is 2.17. The molecule has 1 aliphatic heterocycles. The van der Waals surface area contributed by atoms with E-state index in [1.54, 1.807) is 0 Å². The summed E-state index contributed by atoms with van der Waals surface area (Å²) in [7, 11) is 1.92. The molecule has 0 bridgehead atoms. The van der Waals surface area contributed by atoms with Crippen molar-refractivity contribution >= 4 is 18.3 Å². The molecule has 0 spiro atoms. The normalized spacial score (nSPS) is 14.8. The van der Waals surface area contributed by atoms with Crippen molar-refractivity contribution < 1.29 is 4.79 Å². The molecule has 0 aliphatic carbocycles. The zero-order valence-electron chi connectivity index (χ0n) is 12.3. The van der Waals surface area contributed by atoms with E-state index in [1.807, 2.05) is 18.0 Å². The predicted octanol–water partition coefficient (Wildman–Crippen LogP) is 2.60. The van der Waals surface area contributed by atoms with Gasteiger partial charge in [-0.3, -0.25) is 9.69 Å². The van der Waals surface area contributed by atoms with E-state index in [0.29, 0.717) is 6.54 Å². The van der Waals surface area contributed by atoms with E-state index in [2.05, 4.69) is 29.2 Å². The molecular weight excluding hydrogens is 272 g/mol. The van der Waals surface area contributed by atoms with Crippen LogP contribution in [0.25, 0.3) is 0 Å². The molecule has 4 heteroatoms. The van der Waals surface area contributed by atoms with Gasteiger partial charge in [-0.1, -0.05) is 30.3 Å². The van der Waals surface area contributed by atoms with Gasteiger partial charge in [-0.05, 0) is 44.3 Å². The number of hydrogen-bond acceptors (Lipinski definition) is 2. The van der Waals surface area contributed by atoms with Crippen LogP contribution >= 0.6 is 12.4 Å². The fraction of sp³-hybridized carbons (Fsp3) is 0.562. The number of carbonyl (C=O) groups excluding carboxylic acids is 1. The minimum atomic E-state index is 0. The second kappa shape index (κ2) is 8.98. The molecule has 1 aromatic carbocycles. The molecule has 1 heterocycles. The van der Waals surface area contributed by atoms with Gasteiger partial charge in [0.05, 0.1) is 6.54 Å². The number of hydrogen-bond donors (Lipinski definition) is 0. The van der Waals surface area contributed by atoms with Crippen LogP contribution in [0.15, 0.2) is 30.3 Å². The average Bonchev–Trinajstić information content (AvgIpc) is 2.92. The van der Waals surface area contributed by atoms with Gasteiger partial charge in [-0.25, -0.2) is 0 Å². The fourth-order valence-corrected chi connectivity index (χ4v) is 2.54. The van der Waals surface area contributed by atoms with Crippen molar-refractivity contribution in [2.75, 3.05) is 33.2 Å². The quantitative estimate of drug-likeness (QED) is 0.805. The molecule has 1 fully saturated rings. The van der Waals surface area contributed by atoms with Crippen LogP contribution in [0.4, 0.5) is 0 Å². The summed E-state index contributed by atoms with van der Waals surface area (Å²) < 4.78 is 0. The molecule has 0 unspecified atom stereocenters. The maximum absolute atomic E-state index is 12.0. The Labute approximate surface area is 128 Å². The highest BCUT2D eigenvalue weighted by atomic mass is 35.5. The van der Waals surface area contributed by atoms with Gasteiger partial charge in [-0.2, -0.15) is 0 Å². The second-order valence-electron chi connectivity index (χ2n) is 5.39. The summed E-state index contributed by atoms with van der Waals surface area (Å²) in [5, 5.41) is 0. The number of likely N-dealkylation sites (N-methyl/N-ethyl adjacent to an activating group) is 1. The molecule has 1 aliphatic rings. The third-order valence-corrected chi connectivity index (χ3v) is 3.79. The minimum Gasteiger partial charge on any atom is -0.345 e. The average molecular weight is 297 g/mol. The van der Waals surface area contributed by atoms with Crippen molar-refractivity contribution in [1.82, 2.24) is 9.80 Å². The Hall–Kier alpha value is -1.06. The Bertz CT molecular complexity index is 391. The minimum absolute atomic E-state index is 0. The monoisotopic (exact) mass is 296 g/mol. The lowest BCUT2D eigenvalue weighted by atomic mass is 10.1. The number of aryl methyl sites for hydroxylation is 1. The Morgan fingerprint density at radius 2 is 1.85 bits per heavy atom. The van der Waals surface area contributed by atoms with Crippen molar-refractivity contribution in [2.45, 2.75) is 25.7 Å². The molecule has 0 N–H and O–H groups in total. The number of nitrogens with zero attached hydrogens (tertiary/aromatic N) is 2. The summed E-state index contributed by atoms with van der Waals surface area (Å²) >= 11 is 0. The van der Waals surface area contributed by atoms with Gasteiger partial charge in [0, 0.05) is 13.6 Å². The third-order valence-electron chi connectivity index (χ3n) is 3.79. The van der Waals surface area contributed by atoms with Crippen molar-refractivity contribution in [1.29, 1.82) is 0 Å². The van der Waals surface area contributed by atoms with Gasteiger partial charge >= 0.3 is 0 Å². The summed E-state index contributed by atoms with van der Waals surface area (Å²) in [5.41, 5.74) is 1.35. The molecule has 0 radical (unpaired) electrons. The predicted molar refractivity (Wildman–Crippen MR) is 85.3 cm³/mol. The maximum atomic E-state index is 12.0. The summed E-state index contributed by atoms with van der Waals surface area (Å²) in [6.07, 6.45) is 4.56. The molecule has 1 aromatic rings. The van der Waals surface area contributed by atoms with Crippen molar-refractivity contribution in [3.8, 4) is 0 Å². The number of likely N-dealkylation sites (tertiary alicyclic amines) is 1. The van der Waals surface area contributed by atoms with Gasteiger partial charge < -0.3 is 4.90 Å². The first-order valence-electron chi connectivity index (χ1n) is 7.26. The molecule has 20 heavy (non-hydrogen) atoms. The van der Waals surface area contributed by atoms with Gasteiger partial charge in [0.2, 0.25) is 5.91 Å². The Morgan fingerprint density at radius 1 is 1.20 bits per heavy atom. The van der Waals surface area contributed by atoms with Crippen LogP contribution < -0.4 is 0 Å². The molecule has 3 nitrogen and oxygen atoms in total. The molecule has 1 amide bonds. The van der Waals surface area contributed by atoms with Crippen molar-refractivity contribution in [3.63, 3.8) is 0 Å². The maximum Gasteiger partial charge on any atom is 0.236 e. The lowest BCUT2D eigenvalue weighted by Gasteiger charge is -2.21. The van der Waals surface area contributed by atoms with Gasteiger partial charge in [0.15, 0.2) is 0 Å². The Morgan fingerprint density at radius 3 is 2.50 bits per heavy atom. The third kappa shape index (κ3) is 5.51. The fourth-order valence-electron chi connectivity index (χ4n) is 2.54. The molecular formula is C16H25ClN2O. The lowest BCUT2D eigenvalue weighted by molar-refractivity contribution is -0.130. The van der Waals surface area contributed by atoms with Crippen LogP contribution in [0.3, 0.4) is 0 Å². The van der Waals surface area contributed by atoms with Crippen molar-refractivity contribution in [2.24, 2.45) is 0 Å². The number of halogens is 1. The highest BCUT2D eigenvalue weighted by molar-refractivity contribution is 5.85. The summed E-state index contributed by atoms with van der Waals surface area (Å²) in [6.45, 7) is 3.62. The zero-order valence-corrected chi connectivity index (χ0v) is 13.1. The smallest absolute Gasteiger partial charge is 0.236 e. The number of amides is 1. The van der Waals surface area contributed by atoms with Crippen LogP contribution in [0.1, 0.15) is 24.8 Å². The van der Waals surface area contributed by atoms with E-state index >= 15 is 0 Å². The molecule has 112 valence electrons. The summed E-state index contributed by atoms with van der Waals surface area (Å²) in [5.74, 6) is 0.259. The first-order valence-corrected chi connectivity index (χ1v) is 7.26. The number of rotatable bonds is 6. The zero-order chi connectivity index (χ0) is 13.5. The highest BCUT2D eigenvalue weighted by Crippen LogP contribution is 2.08. The Kier molecular flexibility index (Phi) is 7.63. The standard InChI is InChI=1S/C16H24N2O.ClH/c1-17(16(19)14-18-12-5-6-13-18)11-7-10-15-8-3-2-4-9-15;/h2-4,8-9H,5-7,10-14H2,1H3;1H. The van der Waals surface area contributed by atoms with Crippen LogP contribution in [0.2, 0.25) is 0 Å². The molecule has 2 rings (SSSR count). The van der Waals surface area contributed by atoms with E-state index < -0.39 is 0 Å². The van der Waals surface area contributed by atoms with Gasteiger partial charge in [0.25, 0.3) is 0 Å². The lowest BCUT2D eigenvalue weighted by Crippen LogP contribution is -2.37. The summed E-state index contributed by atoms with van der Waals surface area (Å²) in [4.78, 5) is 16.2. The molecule has 0 saturated carbocycles. The summed E-state index contributed by atoms with van der Waals surface area (Å²) in [6, 6.07) is 10.5. The van der Waals surface area contributed by atoms with Crippen LogP contribution in [-0.2, 0) is 11.2 Å². The molecule has 0 aromatic heterocycles. The van der Waals surface area contributed by atoms with E-state index in [0.717, 1.165) is 32.5 Å². The first-order chi connectivity index (χ1) is 9.25. The van der Waals surface area contributed by atoms with E-state index in [1.165, 1.54) is 18.4 Å². The van der Waals surface area contributed by atoms with Gasteiger partial charge in [-0.15, -0.1) is 12.4 Å². The second-order valence-corrected chi connectivity index (χ2v) is 5.39. The topological polar surface area (TPSA) is 23.6 Å². The molecule has 1 saturated heterocycles. The number of benzene rings is 1.